The van der Waals surface area contributed by atoms with Crippen LogP contribution < -0.4 is 4.89 Å². The van der Waals surface area contributed by atoms with Crippen molar-refractivity contribution in [3.63, 3.8) is 0 Å². The highest BCUT2D eigenvalue weighted by molar-refractivity contribution is 7.45. The third-order valence-corrected chi connectivity index (χ3v) is 9.88. The van der Waals surface area contributed by atoms with Crippen molar-refractivity contribution in [2.24, 2.45) is 0 Å². The zero-order chi connectivity index (χ0) is 39.3. The van der Waals surface area contributed by atoms with Gasteiger partial charge in [-0.2, -0.15) is 0 Å². The third-order valence-electron chi connectivity index (χ3n) is 8.91. The summed E-state index contributed by atoms with van der Waals surface area (Å²) in [5.74, 6) is -0.894. The first-order chi connectivity index (χ1) is 25.5. The number of hydrogen-bond acceptors (Lipinski definition) is 8. The van der Waals surface area contributed by atoms with Gasteiger partial charge < -0.3 is 27.9 Å². The van der Waals surface area contributed by atoms with Gasteiger partial charge in [-0.25, -0.2) is 0 Å². The monoisotopic (exact) mass is 770 g/mol. The van der Waals surface area contributed by atoms with Gasteiger partial charge >= 0.3 is 11.9 Å². The minimum atomic E-state index is -4.63. The Kier molecular flexibility index (Phi) is 34.7. The maximum absolute atomic E-state index is 12.6. The molecular formula is C43H80NO8P. The number of unbranched alkanes of at least 4 members (excludes halogenated alkanes) is 18. The number of allylic oxidation sites excluding steroid dienone is 6. The Labute approximate surface area is 325 Å². The predicted molar refractivity (Wildman–Crippen MR) is 217 cm³/mol. The number of carbonyl (C=O) groups excluding carboxylic acids is 2. The highest BCUT2D eigenvalue weighted by Crippen LogP contribution is 2.38. The maximum Gasteiger partial charge on any atom is 0.306 e. The molecule has 10 heteroatoms. The summed E-state index contributed by atoms with van der Waals surface area (Å²) in [6, 6.07) is 0. The van der Waals surface area contributed by atoms with Crippen LogP contribution in [-0.4, -0.2) is 70.0 Å². The number of phosphoric acid groups is 1. The van der Waals surface area contributed by atoms with E-state index < -0.39 is 32.5 Å². The molecular weight excluding hydrogens is 689 g/mol. The van der Waals surface area contributed by atoms with Crippen molar-refractivity contribution in [2.75, 3.05) is 47.5 Å². The zero-order valence-corrected chi connectivity index (χ0v) is 35.6. The Bertz CT molecular complexity index is 1010. The van der Waals surface area contributed by atoms with Crippen molar-refractivity contribution < 1.29 is 42.1 Å². The fourth-order valence-corrected chi connectivity index (χ4v) is 6.28. The number of nitrogens with zero attached hydrogens (tertiary/aromatic N) is 1. The Morgan fingerprint density at radius 3 is 1.57 bits per heavy atom. The molecule has 0 aliphatic rings. The van der Waals surface area contributed by atoms with E-state index >= 15 is 0 Å². The second-order valence-electron chi connectivity index (χ2n) is 15.4. The number of likely N-dealkylation sites (N-methyl/N-ethyl adjacent to an activating group) is 1. The molecule has 2 atom stereocenters. The molecule has 0 aromatic heterocycles. The van der Waals surface area contributed by atoms with Gasteiger partial charge in [0.05, 0.1) is 27.7 Å². The average molecular weight is 770 g/mol. The van der Waals surface area contributed by atoms with Crippen LogP contribution in [0.25, 0.3) is 0 Å². The lowest BCUT2D eigenvalue weighted by Crippen LogP contribution is -2.37. The quantitative estimate of drug-likeness (QED) is 0.0201. The molecule has 0 fully saturated rings. The molecule has 310 valence electrons. The molecule has 0 spiro atoms. The molecule has 53 heavy (non-hydrogen) atoms. The maximum atomic E-state index is 12.6. The normalized spacial score (nSPS) is 14.0. The summed E-state index contributed by atoms with van der Waals surface area (Å²) in [5, 5.41) is 0. The van der Waals surface area contributed by atoms with E-state index in [1.54, 1.807) is 0 Å². The summed E-state index contributed by atoms with van der Waals surface area (Å²) in [7, 11) is 1.14. The summed E-state index contributed by atoms with van der Waals surface area (Å²) in [6.45, 7) is 4.15. The van der Waals surface area contributed by atoms with E-state index in [1.165, 1.54) is 89.9 Å². The van der Waals surface area contributed by atoms with E-state index in [-0.39, 0.29) is 26.1 Å². The number of phosphoric ester groups is 1. The average Bonchev–Trinajstić information content (AvgIpc) is 3.10. The molecule has 9 nitrogen and oxygen atoms in total. The van der Waals surface area contributed by atoms with Crippen LogP contribution in [0.2, 0.25) is 0 Å². The third kappa shape index (κ3) is 39.7. The van der Waals surface area contributed by atoms with Crippen molar-refractivity contribution in [3.05, 3.63) is 36.5 Å². The van der Waals surface area contributed by atoms with E-state index in [1.807, 2.05) is 21.1 Å². The SMILES string of the molecule is CCCCCCCC/C=C/C/C=C/C/C=C/CCCC(=O)OC[C@@H](COP(=O)([O-])OCC[N+](C)(C)C)OC(=O)CCCCCCCCCCCCCC. The molecule has 0 rings (SSSR count). The molecule has 0 saturated carbocycles. The number of carbonyl (C=O) groups is 2. The van der Waals surface area contributed by atoms with Gasteiger partial charge in [0.25, 0.3) is 7.82 Å². The first-order valence-corrected chi connectivity index (χ1v) is 22.7. The van der Waals surface area contributed by atoms with Gasteiger partial charge in [0.1, 0.15) is 19.8 Å². The summed E-state index contributed by atoms with van der Waals surface area (Å²) in [4.78, 5) is 37.4. The Hall–Kier alpha value is -1.77. The van der Waals surface area contributed by atoms with Gasteiger partial charge in [-0.3, -0.25) is 14.2 Å². The van der Waals surface area contributed by atoms with E-state index in [9.17, 15) is 19.0 Å². The topological polar surface area (TPSA) is 111 Å². The lowest BCUT2D eigenvalue weighted by molar-refractivity contribution is -0.870. The van der Waals surface area contributed by atoms with Crippen LogP contribution in [0.3, 0.4) is 0 Å². The van der Waals surface area contributed by atoms with Crippen LogP contribution in [0.4, 0.5) is 0 Å². The lowest BCUT2D eigenvalue weighted by Gasteiger charge is -2.28. The number of rotatable bonds is 38. The first kappa shape index (κ1) is 51.2. The van der Waals surface area contributed by atoms with Crippen molar-refractivity contribution in [2.45, 2.75) is 180 Å². The lowest BCUT2D eigenvalue weighted by atomic mass is 10.0. The van der Waals surface area contributed by atoms with Crippen molar-refractivity contribution in [3.8, 4) is 0 Å². The largest absolute Gasteiger partial charge is 0.756 e. The minimum absolute atomic E-state index is 0.0376. The van der Waals surface area contributed by atoms with Crippen LogP contribution in [-0.2, 0) is 32.7 Å². The standard InChI is InChI=1S/C43H80NO8P/c1-6-8-10-12-14-16-18-20-21-22-23-24-26-27-29-31-33-35-42(45)49-39-41(40-51-53(47,48)50-38-37-44(3,4)5)52-43(46)36-34-32-30-28-25-19-17-15-13-11-9-7-2/h20-21,23-24,27,29,41H,6-19,22,25-26,28,30-40H2,1-5H3/b21-20+,24-23+,29-27+/t41-/m0/s1. The molecule has 0 radical (unpaired) electrons. The molecule has 0 aliphatic heterocycles. The number of quaternary nitrogens is 1. The second-order valence-corrected chi connectivity index (χ2v) is 16.8. The van der Waals surface area contributed by atoms with Gasteiger partial charge in [-0.05, 0) is 44.9 Å². The van der Waals surface area contributed by atoms with Crippen molar-refractivity contribution >= 4 is 19.8 Å². The van der Waals surface area contributed by atoms with Gasteiger partial charge in [0, 0.05) is 12.8 Å². The van der Waals surface area contributed by atoms with Crippen LogP contribution in [0.1, 0.15) is 174 Å². The summed E-state index contributed by atoms with van der Waals surface area (Å²) in [6.07, 6.45) is 38.9. The van der Waals surface area contributed by atoms with E-state index in [4.69, 9.17) is 18.5 Å². The minimum Gasteiger partial charge on any atom is -0.756 e. The molecule has 0 N–H and O–H groups in total. The number of esters is 2. The molecule has 1 unspecified atom stereocenters. The Balaban J connectivity index is 4.45. The highest BCUT2D eigenvalue weighted by Gasteiger charge is 2.21. The van der Waals surface area contributed by atoms with Crippen LogP contribution >= 0.6 is 7.82 Å². The molecule has 0 aliphatic carbocycles. The first-order valence-electron chi connectivity index (χ1n) is 21.2. The van der Waals surface area contributed by atoms with E-state index in [0.29, 0.717) is 23.9 Å². The molecule has 0 heterocycles. The summed E-state index contributed by atoms with van der Waals surface area (Å²) >= 11 is 0. The smallest absolute Gasteiger partial charge is 0.306 e. The zero-order valence-electron chi connectivity index (χ0n) is 34.7. The van der Waals surface area contributed by atoms with Crippen LogP contribution in [0.15, 0.2) is 36.5 Å². The highest BCUT2D eigenvalue weighted by atomic mass is 31.2. The molecule has 0 amide bonds. The van der Waals surface area contributed by atoms with Gasteiger partial charge in [-0.15, -0.1) is 0 Å². The predicted octanol–water partition coefficient (Wildman–Crippen LogP) is 11.1. The molecule has 0 saturated heterocycles. The Morgan fingerprint density at radius 2 is 1.04 bits per heavy atom. The van der Waals surface area contributed by atoms with Gasteiger partial charge in [-0.1, -0.05) is 153 Å². The molecule has 0 aromatic carbocycles. The van der Waals surface area contributed by atoms with Gasteiger partial charge in [0.2, 0.25) is 0 Å². The van der Waals surface area contributed by atoms with E-state index in [2.05, 4.69) is 50.3 Å². The summed E-state index contributed by atoms with van der Waals surface area (Å²) in [5.41, 5.74) is 0. The second kappa shape index (κ2) is 35.9. The molecule has 0 aromatic rings. The van der Waals surface area contributed by atoms with Crippen LogP contribution in [0.5, 0.6) is 0 Å². The number of ether oxygens (including phenoxy) is 2. The van der Waals surface area contributed by atoms with Crippen molar-refractivity contribution in [1.82, 2.24) is 0 Å². The fourth-order valence-electron chi connectivity index (χ4n) is 5.55. The van der Waals surface area contributed by atoms with E-state index in [0.717, 1.165) is 44.9 Å². The summed E-state index contributed by atoms with van der Waals surface area (Å²) < 4.78 is 33.8. The van der Waals surface area contributed by atoms with Crippen LogP contribution in [0, 0.1) is 0 Å². The molecule has 0 bridgehead atoms. The number of hydrogen-bond donors (Lipinski definition) is 0. The van der Waals surface area contributed by atoms with Gasteiger partial charge in [0.15, 0.2) is 6.10 Å². The van der Waals surface area contributed by atoms with Crippen molar-refractivity contribution in [1.29, 1.82) is 0 Å². The fraction of sp³-hybridized carbons (Fsp3) is 0.814. The Morgan fingerprint density at radius 1 is 0.585 bits per heavy atom.